The Balaban J connectivity index is 2.99. The number of aryl methyl sites for hydroxylation is 1. The van der Waals surface area contributed by atoms with E-state index in [0.29, 0.717) is 6.61 Å². The van der Waals surface area contributed by atoms with Crippen LogP contribution < -0.4 is 4.72 Å². The summed E-state index contributed by atoms with van der Waals surface area (Å²) in [6.45, 7) is 5.33. The van der Waals surface area contributed by atoms with Crippen LogP contribution in [0, 0.1) is 12.8 Å². The molecule has 1 aromatic heterocycles. The zero-order chi connectivity index (χ0) is 14.6. The summed E-state index contributed by atoms with van der Waals surface area (Å²) in [5.74, 6) is 0.585. The molecule has 0 aromatic carbocycles. The van der Waals surface area contributed by atoms with Gasteiger partial charge < -0.3 is 14.3 Å². The average Bonchev–Trinajstić information content (AvgIpc) is 2.70. The maximum atomic E-state index is 12.3. The zero-order valence-electron chi connectivity index (χ0n) is 11.6. The van der Waals surface area contributed by atoms with Crippen molar-refractivity contribution < 1.29 is 22.7 Å². The van der Waals surface area contributed by atoms with Gasteiger partial charge in [-0.15, -0.1) is 0 Å². The van der Waals surface area contributed by atoms with Gasteiger partial charge >= 0.3 is 0 Å². The molecule has 0 radical (unpaired) electrons. The van der Waals surface area contributed by atoms with Crippen LogP contribution in [-0.4, -0.2) is 33.3 Å². The number of rotatable bonds is 7. The topological polar surface area (TPSA) is 88.8 Å². The van der Waals surface area contributed by atoms with Gasteiger partial charge in [-0.2, -0.15) is 0 Å². The number of aliphatic hydroxyl groups excluding tert-OH is 1. The van der Waals surface area contributed by atoms with Gasteiger partial charge in [-0.05, 0) is 12.8 Å². The highest BCUT2D eigenvalue weighted by Gasteiger charge is 2.26. The maximum Gasteiger partial charge on any atom is 0.244 e. The zero-order valence-corrected chi connectivity index (χ0v) is 12.5. The molecule has 0 saturated heterocycles. The quantitative estimate of drug-likeness (QED) is 0.783. The molecule has 1 unspecified atom stereocenters. The third kappa shape index (κ3) is 4.04. The van der Waals surface area contributed by atoms with Gasteiger partial charge in [0.1, 0.15) is 23.0 Å². The van der Waals surface area contributed by atoms with Gasteiger partial charge in [0, 0.05) is 19.2 Å². The number of sulfonamides is 1. The van der Waals surface area contributed by atoms with Crippen LogP contribution in [0.25, 0.3) is 0 Å². The maximum absolute atomic E-state index is 12.3. The molecule has 0 aliphatic heterocycles. The summed E-state index contributed by atoms with van der Waals surface area (Å²) in [4.78, 5) is 0.0540. The van der Waals surface area contributed by atoms with E-state index in [9.17, 15) is 8.42 Å². The smallest absolute Gasteiger partial charge is 0.244 e. The highest BCUT2D eigenvalue weighted by Crippen LogP contribution is 2.21. The summed E-state index contributed by atoms with van der Waals surface area (Å²) in [5.41, 5.74) is 0. The summed E-state index contributed by atoms with van der Waals surface area (Å²) in [6.07, 6.45) is 0. The normalized spacial score (nSPS) is 14.0. The number of hydrogen-bond donors (Lipinski definition) is 2. The van der Waals surface area contributed by atoms with E-state index >= 15 is 0 Å². The average molecular weight is 291 g/mol. The summed E-state index contributed by atoms with van der Waals surface area (Å²) < 4.78 is 37.3. The first-order chi connectivity index (χ1) is 8.81. The Labute approximate surface area is 113 Å². The Hall–Kier alpha value is -0.890. The molecule has 1 rings (SSSR count). The molecule has 0 bridgehead atoms. The van der Waals surface area contributed by atoms with E-state index in [2.05, 4.69) is 4.72 Å². The first kappa shape index (κ1) is 16.2. The Morgan fingerprint density at radius 2 is 2.11 bits per heavy atom. The highest BCUT2D eigenvalue weighted by molar-refractivity contribution is 7.89. The first-order valence-electron chi connectivity index (χ1n) is 6.03. The van der Waals surface area contributed by atoms with Crippen molar-refractivity contribution in [1.82, 2.24) is 4.72 Å². The fourth-order valence-electron chi connectivity index (χ4n) is 1.67. The lowest BCUT2D eigenvalue weighted by molar-refractivity contribution is 0.157. The van der Waals surface area contributed by atoms with E-state index in [1.165, 1.54) is 13.2 Å². The molecule has 0 amide bonds. The number of ether oxygens (including phenoxy) is 1. The number of hydrogen-bond acceptors (Lipinski definition) is 5. The second kappa shape index (κ2) is 6.51. The van der Waals surface area contributed by atoms with Crippen molar-refractivity contribution in [3.8, 4) is 0 Å². The minimum atomic E-state index is -3.68. The van der Waals surface area contributed by atoms with Gasteiger partial charge in [0.2, 0.25) is 10.0 Å². The molecule has 6 nitrogen and oxygen atoms in total. The summed E-state index contributed by atoms with van der Waals surface area (Å²) in [7, 11) is -2.16. The van der Waals surface area contributed by atoms with E-state index in [1.807, 2.05) is 13.8 Å². The van der Waals surface area contributed by atoms with Crippen molar-refractivity contribution in [2.75, 3.05) is 13.7 Å². The van der Waals surface area contributed by atoms with E-state index < -0.39 is 10.0 Å². The Morgan fingerprint density at radius 3 is 2.53 bits per heavy atom. The molecule has 19 heavy (non-hydrogen) atoms. The molecule has 1 atom stereocenters. The Kier molecular flexibility index (Phi) is 5.54. The molecule has 7 heteroatoms. The van der Waals surface area contributed by atoms with Crippen LogP contribution in [0.15, 0.2) is 15.4 Å². The van der Waals surface area contributed by atoms with Gasteiger partial charge in [-0.1, -0.05) is 13.8 Å². The van der Waals surface area contributed by atoms with E-state index in [1.54, 1.807) is 6.92 Å². The molecule has 110 valence electrons. The first-order valence-corrected chi connectivity index (χ1v) is 7.51. The summed E-state index contributed by atoms with van der Waals surface area (Å²) in [6, 6.07) is 1.02. The van der Waals surface area contributed by atoms with Crippen molar-refractivity contribution in [3.63, 3.8) is 0 Å². The van der Waals surface area contributed by atoms with Crippen LogP contribution in [0.4, 0.5) is 0 Å². The predicted molar refractivity (Wildman–Crippen MR) is 70.2 cm³/mol. The third-order valence-electron chi connectivity index (χ3n) is 2.83. The van der Waals surface area contributed by atoms with Crippen LogP contribution in [0.5, 0.6) is 0 Å². The van der Waals surface area contributed by atoms with Gasteiger partial charge in [0.15, 0.2) is 0 Å². The van der Waals surface area contributed by atoms with Crippen LogP contribution in [0.1, 0.15) is 25.4 Å². The highest BCUT2D eigenvalue weighted by atomic mass is 32.2. The number of furan rings is 1. The van der Waals surface area contributed by atoms with Crippen LogP contribution >= 0.6 is 0 Å². The Morgan fingerprint density at radius 1 is 1.47 bits per heavy atom. The van der Waals surface area contributed by atoms with Crippen LogP contribution in [0.3, 0.4) is 0 Å². The van der Waals surface area contributed by atoms with Gasteiger partial charge in [0.25, 0.3) is 0 Å². The SMILES string of the molecule is COCC(NS(=O)(=O)c1cc(CO)oc1C)C(C)C. The minimum absolute atomic E-state index is 0.0540. The van der Waals surface area contributed by atoms with E-state index in [-0.39, 0.29) is 35.0 Å². The number of nitrogens with one attached hydrogen (secondary N) is 1. The fraction of sp³-hybridized carbons (Fsp3) is 0.667. The molecule has 0 saturated carbocycles. The molecule has 2 N–H and O–H groups in total. The van der Waals surface area contributed by atoms with Crippen molar-refractivity contribution in [2.45, 2.75) is 38.3 Å². The molecule has 1 heterocycles. The third-order valence-corrected chi connectivity index (χ3v) is 4.42. The molecule has 1 aromatic rings. The molecule has 0 spiro atoms. The van der Waals surface area contributed by atoms with Crippen LogP contribution in [-0.2, 0) is 21.4 Å². The van der Waals surface area contributed by atoms with E-state index in [0.717, 1.165) is 0 Å². The van der Waals surface area contributed by atoms with Crippen molar-refractivity contribution in [2.24, 2.45) is 5.92 Å². The summed E-state index contributed by atoms with van der Waals surface area (Å²) >= 11 is 0. The monoisotopic (exact) mass is 291 g/mol. The van der Waals surface area contributed by atoms with Gasteiger partial charge in [0.05, 0.1) is 6.61 Å². The van der Waals surface area contributed by atoms with E-state index in [4.69, 9.17) is 14.3 Å². The molecule has 0 aliphatic rings. The second-order valence-electron chi connectivity index (χ2n) is 4.72. The molecular weight excluding hydrogens is 270 g/mol. The lowest BCUT2D eigenvalue weighted by Gasteiger charge is -2.21. The van der Waals surface area contributed by atoms with Crippen LogP contribution in [0.2, 0.25) is 0 Å². The standard InChI is InChI=1S/C12H21NO5S/c1-8(2)11(7-17-4)13-19(15,16)12-5-10(6-14)18-9(12)3/h5,8,11,13-14H,6-7H2,1-4H3. The molecule has 0 fully saturated rings. The number of methoxy groups -OCH3 is 1. The second-order valence-corrected chi connectivity index (χ2v) is 6.40. The molecule has 0 aliphatic carbocycles. The van der Waals surface area contributed by atoms with Gasteiger partial charge in [-0.3, -0.25) is 0 Å². The van der Waals surface area contributed by atoms with Crippen molar-refractivity contribution in [3.05, 3.63) is 17.6 Å². The lowest BCUT2D eigenvalue weighted by Crippen LogP contribution is -2.41. The Bertz CT molecular complexity index is 506. The largest absolute Gasteiger partial charge is 0.462 e. The summed E-state index contributed by atoms with van der Waals surface area (Å²) in [5, 5.41) is 8.97. The minimum Gasteiger partial charge on any atom is -0.462 e. The van der Waals surface area contributed by atoms with Crippen molar-refractivity contribution in [1.29, 1.82) is 0 Å². The predicted octanol–water partition coefficient (Wildman–Crippen LogP) is 1.03. The number of aliphatic hydroxyl groups is 1. The lowest BCUT2D eigenvalue weighted by atomic mass is 10.1. The van der Waals surface area contributed by atoms with Crippen molar-refractivity contribution >= 4 is 10.0 Å². The molecular formula is C12H21NO5S. The van der Waals surface area contributed by atoms with Gasteiger partial charge in [-0.25, -0.2) is 13.1 Å². The fourth-order valence-corrected chi connectivity index (χ4v) is 3.25.